The van der Waals surface area contributed by atoms with Crippen molar-refractivity contribution < 1.29 is 19.1 Å². The maximum absolute atomic E-state index is 12.3. The van der Waals surface area contributed by atoms with Crippen LogP contribution in [-0.4, -0.2) is 40.2 Å². The Morgan fingerprint density at radius 3 is 2.25 bits per heavy atom. The lowest BCUT2D eigenvalue weighted by molar-refractivity contribution is -0.152. The van der Waals surface area contributed by atoms with Gasteiger partial charge < -0.3 is 15.4 Å². The average Bonchev–Trinajstić information content (AvgIpc) is 2.84. The van der Waals surface area contributed by atoms with E-state index in [4.69, 9.17) is 4.74 Å². The summed E-state index contributed by atoms with van der Waals surface area (Å²) in [6.07, 6.45) is -1.01. The number of hydrogen-bond donors (Lipinski definition) is 2. The van der Waals surface area contributed by atoms with E-state index in [1.165, 1.54) is 6.92 Å². The third kappa shape index (κ3) is 5.18. The van der Waals surface area contributed by atoms with E-state index >= 15 is 0 Å². The summed E-state index contributed by atoms with van der Waals surface area (Å²) in [5.41, 5.74) is 4.45. The van der Waals surface area contributed by atoms with Crippen molar-refractivity contribution in [2.45, 2.75) is 40.7 Å². The zero-order valence-electron chi connectivity index (χ0n) is 17.0. The molecule has 8 nitrogen and oxygen atoms in total. The minimum atomic E-state index is -1.01. The first-order valence-electron chi connectivity index (χ1n) is 8.95. The fourth-order valence-corrected chi connectivity index (χ4v) is 2.83. The van der Waals surface area contributed by atoms with Gasteiger partial charge in [0.15, 0.2) is 6.10 Å². The number of rotatable bonds is 6. The van der Waals surface area contributed by atoms with Gasteiger partial charge in [0.25, 0.3) is 11.8 Å². The third-order valence-electron chi connectivity index (χ3n) is 4.31. The van der Waals surface area contributed by atoms with Gasteiger partial charge in [0, 0.05) is 12.6 Å². The molecule has 0 radical (unpaired) electrons. The molecule has 2 rings (SSSR count). The quantitative estimate of drug-likeness (QED) is 0.739. The first kappa shape index (κ1) is 21.1. The highest BCUT2D eigenvalue weighted by Crippen LogP contribution is 2.18. The van der Waals surface area contributed by atoms with Crippen LogP contribution in [0.2, 0.25) is 0 Å². The minimum absolute atomic E-state index is 0.325. The molecule has 8 heteroatoms. The average molecular weight is 386 g/mol. The number of amides is 2. The number of benzene rings is 1. The highest BCUT2D eigenvalue weighted by Gasteiger charge is 2.21. The first-order valence-corrected chi connectivity index (χ1v) is 8.95. The Morgan fingerprint density at radius 2 is 1.71 bits per heavy atom. The predicted octanol–water partition coefficient (Wildman–Crippen LogP) is 1.95. The van der Waals surface area contributed by atoms with Crippen LogP contribution in [0.25, 0.3) is 0 Å². The van der Waals surface area contributed by atoms with Crippen LogP contribution < -0.4 is 10.6 Å². The van der Waals surface area contributed by atoms with Crippen molar-refractivity contribution in [1.29, 1.82) is 0 Å². The number of anilines is 1. The van der Waals surface area contributed by atoms with Gasteiger partial charge in [-0.15, -0.1) is 0 Å². The maximum atomic E-state index is 12.3. The number of carbonyl (C=O) groups is 3. The van der Waals surface area contributed by atoms with E-state index in [0.717, 1.165) is 16.8 Å². The van der Waals surface area contributed by atoms with Crippen molar-refractivity contribution in [3.63, 3.8) is 0 Å². The molecule has 0 bridgehead atoms. The van der Waals surface area contributed by atoms with E-state index in [9.17, 15) is 14.4 Å². The van der Waals surface area contributed by atoms with Gasteiger partial charge in [-0.1, -0.05) is 17.2 Å². The number of aromatic nitrogens is 2. The lowest BCUT2D eigenvalue weighted by Crippen LogP contribution is -2.36. The van der Waals surface area contributed by atoms with Crippen LogP contribution in [0.15, 0.2) is 18.2 Å². The fraction of sp³-hybridized carbons (Fsp3) is 0.400. The van der Waals surface area contributed by atoms with Gasteiger partial charge in [0.1, 0.15) is 6.54 Å². The topological polar surface area (TPSA) is 102 Å². The number of ether oxygens (including phenoxy) is 1. The van der Waals surface area contributed by atoms with Gasteiger partial charge in [-0.05, 0) is 46.8 Å². The highest BCUT2D eigenvalue weighted by atomic mass is 16.5. The van der Waals surface area contributed by atoms with Crippen LogP contribution in [0.4, 0.5) is 5.69 Å². The van der Waals surface area contributed by atoms with Crippen LogP contribution >= 0.6 is 0 Å². The second kappa shape index (κ2) is 8.69. The molecule has 28 heavy (non-hydrogen) atoms. The van der Waals surface area contributed by atoms with Crippen LogP contribution in [0.1, 0.15) is 39.8 Å². The Balaban J connectivity index is 1.88. The summed E-state index contributed by atoms with van der Waals surface area (Å²) in [7, 11) is 1.78. The van der Waals surface area contributed by atoms with Crippen molar-refractivity contribution in [2.24, 2.45) is 7.05 Å². The molecule has 2 amide bonds. The molecule has 1 unspecified atom stereocenters. The number of aryl methyl sites for hydroxylation is 4. The number of hydrogen-bond acceptors (Lipinski definition) is 5. The standard InChI is InChI=1S/C20H26N4O4/c1-11-7-12(2)9-16(8-11)20(27)21-10-17(25)28-15(5)19(26)22-18-13(3)23-24(6)14(18)4/h7-9,15H,10H2,1-6H3,(H,21,27)(H,22,26). The normalized spacial score (nSPS) is 11.6. The third-order valence-corrected chi connectivity index (χ3v) is 4.31. The Bertz CT molecular complexity index is 897. The Kier molecular flexibility index (Phi) is 6.56. The lowest BCUT2D eigenvalue weighted by Gasteiger charge is -2.14. The number of esters is 1. The van der Waals surface area contributed by atoms with Gasteiger partial charge in [-0.3, -0.25) is 19.1 Å². The smallest absolute Gasteiger partial charge is 0.326 e. The largest absolute Gasteiger partial charge is 0.451 e. The number of carbonyl (C=O) groups excluding carboxylic acids is 3. The summed E-state index contributed by atoms with van der Waals surface area (Å²) in [6.45, 7) is 8.54. The van der Waals surface area contributed by atoms with Crippen molar-refractivity contribution in [3.8, 4) is 0 Å². The SMILES string of the molecule is Cc1cc(C)cc(C(=O)NCC(=O)OC(C)C(=O)Nc2c(C)nn(C)c2C)c1. The Hall–Kier alpha value is -3.16. The van der Waals surface area contributed by atoms with E-state index in [1.54, 1.807) is 30.8 Å². The predicted molar refractivity (Wildman–Crippen MR) is 105 cm³/mol. The molecular weight excluding hydrogens is 360 g/mol. The minimum Gasteiger partial charge on any atom is -0.451 e. The summed E-state index contributed by atoms with van der Waals surface area (Å²) < 4.78 is 6.77. The van der Waals surface area contributed by atoms with Crippen molar-refractivity contribution in [2.75, 3.05) is 11.9 Å². The molecule has 2 aromatic rings. The molecule has 0 saturated carbocycles. The second-order valence-electron chi connectivity index (χ2n) is 6.85. The van der Waals surface area contributed by atoms with E-state index in [-0.39, 0.29) is 12.5 Å². The molecule has 1 aromatic heterocycles. The van der Waals surface area contributed by atoms with Crippen molar-refractivity contribution >= 4 is 23.5 Å². The zero-order chi connectivity index (χ0) is 21.0. The summed E-state index contributed by atoms with van der Waals surface area (Å²) in [5.74, 6) is -1.53. The van der Waals surface area contributed by atoms with Crippen LogP contribution in [0.5, 0.6) is 0 Å². The molecule has 0 aliphatic carbocycles. The first-order chi connectivity index (χ1) is 13.1. The van der Waals surface area contributed by atoms with Crippen molar-refractivity contribution in [3.05, 3.63) is 46.3 Å². The maximum Gasteiger partial charge on any atom is 0.326 e. The van der Waals surface area contributed by atoms with Gasteiger partial charge in [0.2, 0.25) is 0 Å². The lowest BCUT2D eigenvalue weighted by atomic mass is 10.1. The molecule has 2 N–H and O–H groups in total. The Morgan fingerprint density at radius 1 is 1.11 bits per heavy atom. The van der Waals surface area contributed by atoms with E-state index in [2.05, 4.69) is 15.7 Å². The van der Waals surface area contributed by atoms with Gasteiger partial charge >= 0.3 is 5.97 Å². The number of nitrogens with zero attached hydrogens (tertiary/aromatic N) is 2. The molecule has 150 valence electrons. The van der Waals surface area contributed by atoms with E-state index < -0.39 is 18.0 Å². The Labute approximate surface area is 164 Å². The molecule has 0 aliphatic heterocycles. The summed E-state index contributed by atoms with van der Waals surface area (Å²) in [6, 6.07) is 5.43. The summed E-state index contributed by atoms with van der Waals surface area (Å²) >= 11 is 0. The van der Waals surface area contributed by atoms with Gasteiger partial charge in [-0.2, -0.15) is 5.10 Å². The molecule has 0 saturated heterocycles. The molecule has 0 spiro atoms. The van der Waals surface area contributed by atoms with Gasteiger partial charge in [0.05, 0.1) is 17.1 Å². The molecule has 0 fully saturated rings. The molecule has 1 atom stereocenters. The van der Waals surface area contributed by atoms with Gasteiger partial charge in [-0.25, -0.2) is 0 Å². The van der Waals surface area contributed by atoms with Crippen LogP contribution in [0, 0.1) is 27.7 Å². The number of nitrogens with one attached hydrogen (secondary N) is 2. The summed E-state index contributed by atoms with van der Waals surface area (Å²) in [4.78, 5) is 36.5. The molecular formula is C20H26N4O4. The van der Waals surface area contributed by atoms with E-state index in [1.807, 2.05) is 26.8 Å². The van der Waals surface area contributed by atoms with Crippen LogP contribution in [0.3, 0.4) is 0 Å². The van der Waals surface area contributed by atoms with Crippen LogP contribution in [-0.2, 0) is 21.4 Å². The van der Waals surface area contributed by atoms with E-state index in [0.29, 0.717) is 16.9 Å². The fourth-order valence-electron chi connectivity index (χ4n) is 2.83. The molecule has 1 aromatic carbocycles. The summed E-state index contributed by atoms with van der Waals surface area (Å²) in [5, 5.41) is 9.45. The van der Waals surface area contributed by atoms with Crippen molar-refractivity contribution in [1.82, 2.24) is 15.1 Å². The molecule has 0 aliphatic rings. The monoisotopic (exact) mass is 386 g/mol. The highest BCUT2D eigenvalue weighted by molar-refractivity contribution is 5.98. The second-order valence-corrected chi connectivity index (χ2v) is 6.85. The molecule has 1 heterocycles. The zero-order valence-corrected chi connectivity index (χ0v) is 17.0.